The highest BCUT2D eigenvalue weighted by Crippen LogP contribution is 2.24. The summed E-state index contributed by atoms with van der Waals surface area (Å²) in [7, 11) is 0. The fraction of sp³-hybridized carbons (Fsp3) is 0.235. The van der Waals surface area contributed by atoms with Crippen molar-refractivity contribution in [1.82, 2.24) is 5.32 Å². The minimum atomic E-state index is -1.10. The van der Waals surface area contributed by atoms with E-state index in [0.29, 0.717) is 0 Å². The number of rotatable bonds is 4. The van der Waals surface area contributed by atoms with Gasteiger partial charge in [-0.3, -0.25) is 4.79 Å². The molecule has 2 aromatic carbocycles. The van der Waals surface area contributed by atoms with Gasteiger partial charge in [-0.2, -0.15) is 0 Å². The van der Waals surface area contributed by atoms with Crippen molar-refractivity contribution >= 4 is 17.5 Å². The summed E-state index contributed by atoms with van der Waals surface area (Å²) in [5.74, 6) is -2.60. The van der Waals surface area contributed by atoms with Crippen LogP contribution in [0.25, 0.3) is 0 Å². The third kappa shape index (κ3) is 3.63. The fourth-order valence-corrected chi connectivity index (χ4v) is 2.45. The lowest BCUT2D eigenvalue weighted by molar-refractivity contribution is 0.0925. The zero-order valence-corrected chi connectivity index (χ0v) is 13.0. The van der Waals surface area contributed by atoms with E-state index in [1.165, 1.54) is 0 Å². The van der Waals surface area contributed by atoms with E-state index in [0.717, 1.165) is 17.7 Å². The number of nitrogens with one attached hydrogen (secondary N) is 1. The van der Waals surface area contributed by atoms with Crippen molar-refractivity contribution in [2.75, 3.05) is 0 Å². The first-order valence-electron chi connectivity index (χ1n) is 6.90. The van der Waals surface area contributed by atoms with E-state index in [1.807, 2.05) is 44.2 Å². The molecule has 0 aliphatic rings. The number of carbonyl (C=O) groups is 1. The lowest BCUT2D eigenvalue weighted by Crippen LogP contribution is -2.32. The molecule has 0 aromatic heterocycles. The Morgan fingerprint density at radius 3 is 2.27 bits per heavy atom. The highest BCUT2D eigenvalue weighted by molar-refractivity contribution is 6.33. The number of carbonyl (C=O) groups excluding carboxylic acids is 1. The van der Waals surface area contributed by atoms with Gasteiger partial charge in [-0.15, -0.1) is 0 Å². The van der Waals surface area contributed by atoms with Crippen molar-refractivity contribution in [1.29, 1.82) is 0 Å². The van der Waals surface area contributed by atoms with E-state index in [4.69, 9.17) is 11.6 Å². The van der Waals surface area contributed by atoms with Crippen LogP contribution in [-0.4, -0.2) is 5.91 Å². The summed E-state index contributed by atoms with van der Waals surface area (Å²) >= 11 is 5.84. The predicted octanol–water partition coefficient (Wildman–Crippen LogP) is 4.75. The Labute approximate surface area is 133 Å². The summed E-state index contributed by atoms with van der Waals surface area (Å²) in [5.41, 5.74) is 0.853. The van der Waals surface area contributed by atoms with Gasteiger partial charge in [0.05, 0.1) is 16.6 Å². The smallest absolute Gasteiger partial charge is 0.253 e. The van der Waals surface area contributed by atoms with Crippen LogP contribution in [0.4, 0.5) is 8.78 Å². The third-order valence-electron chi connectivity index (χ3n) is 3.37. The molecule has 22 heavy (non-hydrogen) atoms. The Bertz CT molecular complexity index is 674. The Kier molecular flexibility index (Phi) is 5.14. The zero-order valence-electron chi connectivity index (χ0n) is 12.2. The first kappa shape index (κ1) is 16.4. The van der Waals surface area contributed by atoms with Gasteiger partial charge in [-0.1, -0.05) is 55.8 Å². The van der Waals surface area contributed by atoms with Crippen LogP contribution >= 0.6 is 11.6 Å². The van der Waals surface area contributed by atoms with E-state index in [2.05, 4.69) is 5.32 Å². The maximum absolute atomic E-state index is 13.3. The maximum atomic E-state index is 13.3. The molecule has 116 valence electrons. The molecule has 0 spiro atoms. The summed E-state index contributed by atoms with van der Waals surface area (Å²) in [5, 5.41) is 2.71. The van der Waals surface area contributed by atoms with E-state index in [9.17, 15) is 13.6 Å². The van der Waals surface area contributed by atoms with E-state index in [-0.39, 0.29) is 22.5 Å². The van der Waals surface area contributed by atoms with E-state index < -0.39 is 17.5 Å². The average molecular weight is 324 g/mol. The van der Waals surface area contributed by atoms with Crippen molar-refractivity contribution < 1.29 is 13.6 Å². The quantitative estimate of drug-likeness (QED) is 0.809. The van der Waals surface area contributed by atoms with Crippen molar-refractivity contribution in [2.24, 2.45) is 5.92 Å². The molecule has 1 atom stereocenters. The maximum Gasteiger partial charge on any atom is 0.253 e. The minimum absolute atomic E-state index is 0.0813. The van der Waals surface area contributed by atoms with Crippen LogP contribution < -0.4 is 5.32 Å². The first-order valence-corrected chi connectivity index (χ1v) is 7.28. The molecule has 0 saturated carbocycles. The number of hydrogen-bond donors (Lipinski definition) is 1. The SMILES string of the molecule is CC(C)C(NC(=O)c1cc(F)c(F)cc1Cl)c1ccccc1. The molecule has 2 rings (SSSR count). The summed E-state index contributed by atoms with van der Waals surface area (Å²) in [4.78, 5) is 12.3. The molecular formula is C17H16ClF2NO. The van der Waals surface area contributed by atoms with Crippen LogP contribution in [0.1, 0.15) is 35.8 Å². The molecule has 1 unspecified atom stereocenters. The predicted molar refractivity (Wildman–Crippen MR) is 82.9 cm³/mol. The molecule has 0 saturated heterocycles. The Morgan fingerprint density at radius 2 is 1.68 bits per heavy atom. The third-order valence-corrected chi connectivity index (χ3v) is 3.68. The second-order valence-electron chi connectivity index (χ2n) is 5.35. The molecule has 1 N–H and O–H groups in total. The van der Waals surface area contributed by atoms with Crippen molar-refractivity contribution in [2.45, 2.75) is 19.9 Å². The summed E-state index contributed by atoms with van der Waals surface area (Å²) in [6, 6.07) is 10.8. The second kappa shape index (κ2) is 6.88. The normalized spacial score (nSPS) is 12.3. The van der Waals surface area contributed by atoms with Gasteiger partial charge in [0.15, 0.2) is 11.6 Å². The van der Waals surface area contributed by atoms with Crippen LogP contribution in [0.15, 0.2) is 42.5 Å². The topological polar surface area (TPSA) is 29.1 Å². The van der Waals surface area contributed by atoms with Gasteiger partial charge >= 0.3 is 0 Å². The summed E-state index contributed by atoms with van der Waals surface area (Å²) in [6.45, 7) is 3.93. The Morgan fingerprint density at radius 1 is 1.09 bits per heavy atom. The number of halogens is 3. The molecule has 0 aliphatic heterocycles. The highest BCUT2D eigenvalue weighted by atomic mass is 35.5. The van der Waals surface area contributed by atoms with E-state index in [1.54, 1.807) is 0 Å². The van der Waals surface area contributed by atoms with Gasteiger partial charge < -0.3 is 5.32 Å². The highest BCUT2D eigenvalue weighted by Gasteiger charge is 2.21. The average Bonchev–Trinajstić information content (AvgIpc) is 2.48. The molecule has 0 radical (unpaired) electrons. The van der Waals surface area contributed by atoms with Crippen LogP contribution in [0.2, 0.25) is 5.02 Å². The molecule has 0 bridgehead atoms. The monoisotopic (exact) mass is 323 g/mol. The zero-order chi connectivity index (χ0) is 16.3. The van der Waals surface area contributed by atoms with Crippen LogP contribution in [-0.2, 0) is 0 Å². The standard InChI is InChI=1S/C17H16ClF2NO/c1-10(2)16(11-6-4-3-5-7-11)21-17(22)12-8-14(19)15(20)9-13(12)18/h3-10,16H,1-2H3,(H,21,22). The van der Waals surface area contributed by atoms with Crippen LogP contribution in [0.3, 0.4) is 0 Å². The largest absolute Gasteiger partial charge is 0.345 e. The van der Waals surface area contributed by atoms with Gasteiger partial charge in [0.2, 0.25) is 0 Å². The molecule has 0 heterocycles. The molecular weight excluding hydrogens is 308 g/mol. The number of benzene rings is 2. The molecule has 5 heteroatoms. The molecule has 1 amide bonds. The Hall–Kier alpha value is -1.94. The van der Waals surface area contributed by atoms with Gasteiger partial charge in [0.25, 0.3) is 5.91 Å². The minimum Gasteiger partial charge on any atom is -0.345 e. The lowest BCUT2D eigenvalue weighted by atomic mass is 9.95. The molecule has 0 fully saturated rings. The Balaban J connectivity index is 2.28. The van der Waals surface area contributed by atoms with Crippen LogP contribution in [0.5, 0.6) is 0 Å². The molecule has 2 aromatic rings. The van der Waals surface area contributed by atoms with Crippen molar-refractivity contribution in [3.8, 4) is 0 Å². The number of hydrogen-bond acceptors (Lipinski definition) is 1. The van der Waals surface area contributed by atoms with E-state index >= 15 is 0 Å². The first-order chi connectivity index (χ1) is 10.4. The summed E-state index contributed by atoms with van der Waals surface area (Å²) in [6.07, 6.45) is 0. The fourth-order valence-electron chi connectivity index (χ4n) is 2.21. The van der Waals surface area contributed by atoms with Gasteiger partial charge in [-0.05, 0) is 23.6 Å². The summed E-state index contributed by atoms with van der Waals surface area (Å²) < 4.78 is 26.4. The number of amides is 1. The van der Waals surface area contributed by atoms with Crippen LogP contribution in [0, 0.1) is 17.6 Å². The van der Waals surface area contributed by atoms with Crippen molar-refractivity contribution in [3.63, 3.8) is 0 Å². The van der Waals surface area contributed by atoms with Gasteiger partial charge in [-0.25, -0.2) is 8.78 Å². The lowest BCUT2D eigenvalue weighted by Gasteiger charge is -2.23. The van der Waals surface area contributed by atoms with Gasteiger partial charge in [0.1, 0.15) is 0 Å². The van der Waals surface area contributed by atoms with Crippen molar-refractivity contribution in [3.05, 3.63) is 70.2 Å². The molecule has 2 nitrogen and oxygen atoms in total. The van der Waals surface area contributed by atoms with Gasteiger partial charge in [0, 0.05) is 0 Å². The second-order valence-corrected chi connectivity index (χ2v) is 5.76. The molecule has 0 aliphatic carbocycles.